The predicted octanol–water partition coefficient (Wildman–Crippen LogP) is 1.53. The third kappa shape index (κ3) is 5.56. The highest BCUT2D eigenvalue weighted by molar-refractivity contribution is 5.77. The second kappa shape index (κ2) is 7.06. The summed E-state index contributed by atoms with van der Waals surface area (Å²) in [6.07, 6.45) is 4.32. The van der Waals surface area contributed by atoms with Gasteiger partial charge in [0.2, 0.25) is 5.91 Å². The molecule has 0 bridgehead atoms. The number of furan rings is 1. The van der Waals surface area contributed by atoms with Crippen LogP contribution in [0.4, 0.5) is 0 Å². The van der Waals surface area contributed by atoms with Gasteiger partial charge in [-0.2, -0.15) is 0 Å². The van der Waals surface area contributed by atoms with Gasteiger partial charge in [0.25, 0.3) is 0 Å². The van der Waals surface area contributed by atoms with E-state index in [4.69, 9.17) is 4.42 Å². The zero-order valence-electron chi connectivity index (χ0n) is 9.95. The number of carbonyl (C=O) groups excluding carboxylic acids is 1. The van der Waals surface area contributed by atoms with Crippen molar-refractivity contribution < 1.29 is 9.21 Å². The molecule has 0 atom stereocenters. The molecule has 0 saturated heterocycles. The first-order valence-electron chi connectivity index (χ1n) is 5.67. The van der Waals surface area contributed by atoms with Crippen molar-refractivity contribution in [2.24, 2.45) is 5.92 Å². The molecule has 90 valence electrons. The summed E-state index contributed by atoms with van der Waals surface area (Å²) in [7, 11) is 0. The first kappa shape index (κ1) is 12.8. The number of carbonyl (C=O) groups is 1. The zero-order valence-corrected chi connectivity index (χ0v) is 9.95. The van der Waals surface area contributed by atoms with E-state index in [1.165, 1.54) is 0 Å². The van der Waals surface area contributed by atoms with Gasteiger partial charge < -0.3 is 15.1 Å². The molecule has 0 radical (unpaired) electrons. The number of amides is 1. The third-order valence-corrected chi connectivity index (χ3v) is 2.24. The highest BCUT2D eigenvalue weighted by Gasteiger charge is 2.01. The molecular formula is C12H20N2O2. The zero-order chi connectivity index (χ0) is 11.8. The maximum absolute atomic E-state index is 11.4. The first-order chi connectivity index (χ1) is 7.68. The van der Waals surface area contributed by atoms with Crippen LogP contribution in [0.3, 0.4) is 0 Å². The van der Waals surface area contributed by atoms with E-state index in [9.17, 15) is 4.79 Å². The molecule has 0 fully saturated rings. The number of hydrogen-bond acceptors (Lipinski definition) is 3. The Kier molecular flexibility index (Phi) is 5.64. The summed E-state index contributed by atoms with van der Waals surface area (Å²) in [5.41, 5.74) is 1.05. The second-order valence-electron chi connectivity index (χ2n) is 4.27. The van der Waals surface area contributed by atoms with E-state index in [1.807, 2.05) is 6.07 Å². The largest absolute Gasteiger partial charge is 0.472 e. The maximum Gasteiger partial charge on any atom is 0.233 e. The number of nitrogens with one attached hydrogen (secondary N) is 2. The molecule has 0 unspecified atom stereocenters. The van der Waals surface area contributed by atoms with Gasteiger partial charge >= 0.3 is 0 Å². The first-order valence-corrected chi connectivity index (χ1v) is 5.67. The van der Waals surface area contributed by atoms with E-state index in [0.717, 1.165) is 18.5 Å². The van der Waals surface area contributed by atoms with Crippen molar-refractivity contribution in [3.8, 4) is 0 Å². The minimum atomic E-state index is 0.0455. The predicted molar refractivity (Wildman–Crippen MR) is 62.9 cm³/mol. The van der Waals surface area contributed by atoms with Crippen LogP contribution < -0.4 is 10.6 Å². The van der Waals surface area contributed by atoms with Gasteiger partial charge in [-0.3, -0.25) is 4.79 Å². The Morgan fingerprint density at radius 1 is 1.50 bits per heavy atom. The van der Waals surface area contributed by atoms with E-state index in [1.54, 1.807) is 12.5 Å². The molecule has 0 aliphatic rings. The van der Waals surface area contributed by atoms with Crippen LogP contribution >= 0.6 is 0 Å². The molecule has 0 saturated carbocycles. The summed E-state index contributed by atoms with van der Waals surface area (Å²) >= 11 is 0. The summed E-state index contributed by atoms with van der Waals surface area (Å²) in [4.78, 5) is 11.4. The van der Waals surface area contributed by atoms with Gasteiger partial charge in [-0.15, -0.1) is 0 Å². The van der Waals surface area contributed by atoms with Crippen molar-refractivity contribution >= 4 is 5.91 Å². The normalized spacial score (nSPS) is 10.7. The molecule has 4 nitrogen and oxygen atoms in total. The molecule has 1 amide bonds. The van der Waals surface area contributed by atoms with E-state index >= 15 is 0 Å². The molecule has 1 heterocycles. The quantitative estimate of drug-likeness (QED) is 0.738. The van der Waals surface area contributed by atoms with Crippen molar-refractivity contribution in [3.05, 3.63) is 24.2 Å². The van der Waals surface area contributed by atoms with Crippen LogP contribution in [0, 0.1) is 5.92 Å². The molecule has 0 aliphatic heterocycles. The maximum atomic E-state index is 11.4. The molecule has 4 heteroatoms. The van der Waals surface area contributed by atoms with Crippen molar-refractivity contribution in [1.82, 2.24) is 10.6 Å². The summed E-state index contributed by atoms with van der Waals surface area (Å²) in [5.74, 6) is 0.670. The lowest BCUT2D eigenvalue weighted by Gasteiger charge is -2.07. The van der Waals surface area contributed by atoms with Crippen LogP contribution in [0.25, 0.3) is 0 Å². The fourth-order valence-electron chi connectivity index (χ4n) is 1.28. The van der Waals surface area contributed by atoms with E-state index < -0.39 is 0 Å². The van der Waals surface area contributed by atoms with Crippen LogP contribution in [-0.4, -0.2) is 19.0 Å². The minimum absolute atomic E-state index is 0.0455. The summed E-state index contributed by atoms with van der Waals surface area (Å²) in [6, 6.07) is 1.88. The minimum Gasteiger partial charge on any atom is -0.472 e. The number of rotatable bonds is 7. The van der Waals surface area contributed by atoms with Crippen molar-refractivity contribution in [1.29, 1.82) is 0 Å². The molecule has 16 heavy (non-hydrogen) atoms. The van der Waals surface area contributed by atoms with Gasteiger partial charge in [0.1, 0.15) is 0 Å². The second-order valence-corrected chi connectivity index (χ2v) is 4.27. The van der Waals surface area contributed by atoms with Crippen molar-refractivity contribution in [3.63, 3.8) is 0 Å². The fourth-order valence-corrected chi connectivity index (χ4v) is 1.28. The van der Waals surface area contributed by atoms with Gasteiger partial charge in [-0.25, -0.2) is 0 Å². The molecule has 1 rings (SSSR count). The highest BCUT2D eigenvalue weighted by Crippen LogP contribution is 1.98. The monoisotopic (exact) mass is 224 g/mol. The standard InChI is InChI=1S/C12H20N2O2/c1-10(2)3-5-14-12(15)8-13-7-11-4-6-16-9-11/h4,6,9-10,13H,3,5,7-8H2,1-2H3,(H,14,15). The lowest BCUT2D eigenvalue weighted by molar-refractivity contribution is -0.120. The summed E-state index contributed by atoms with van der Waals surface area (Å²) < 4.78 is 4.92. The SMILES string of the molecule is CC(C)CCNC(=O)CNCc1ccoc1. The van der Waals surface area contributed by atoms with Gasteiger partial charge in [-0.1, -0.05) is 13.8 Å². The smallest absolute Gasteiger partial charge is 0.233 e. The Morgan fingerprint density at radius 3 is 2.94 bits per heavy atom. The van der Waals surface area contributed by atoms with Crippen LogP contribution in [-0.2, 0) is 11.3 Å². The molecule has 2 N–H and O–H groups in total. The Balaban J connectivity index is 2.02. The Labute approximate surface area is 96.4 Å². The van der Waals surface area contributed by atoms with Crippen molar-refractivity contribution in [2.45, 2.75) is 26.8 Å². The Hall–Kier alpha value is -1.29. The van der Waals surface area contributed by atoms with Gasteiger partial charge in [0, 0.05) is 18.7 Å². The highest BCUT2D eigenvalue weighted by atomic mass is 16.3. The lowest BCUT2D eigenvalue weighted by atomic mass is 10.1. The van der Waals surface area contributed by atoms with Gasteiger partial charge in [-0.05, 0) is 18.4 Å². The Morgan fingerprint density at radius 2 is 2.31 bits per heavy atom. The Bertz CT molecular complexity index is 294. The average molecular weight is 224 g/mol. The number of hydrogen-bond donors (Lipinski definition) is 2. The molecule has 0 aliphatic carbocycles. The van der Waals surface area contributed by atoms with Crippen LogP contribution in [0.5, 0.6) is 0 Å². The molecular weight excluding hydrogens is 204 g/mol. The summed E-state index contributed by atoms with van der Waals surface area (Å²) in [6.45, 7) is 6.05. The molecule has 0 aromatic carbocycles. The van der Waals surface area contributed by atoms with E-state index in [0.29, 0.717) is 19.0 Å². The molecule has 1 aromatic rings. The van der Waals surface area contributed by atoms with Crippen LogP contribution in [0.2, 0.25) is 0 Å². The molecule has 1 aromatic heterocycles. The fraction of sp³-hybridized carbons (Fsp3) is 0.583. The third-order valence-electron chi connectivity index (χ3n) is 2.24. The topological polar surface area (TPSA) is 54.3 Å². The molecule has 0 spiro atoms. The van der Waals surface area contributed by atoms with Crippen LogP contribution in [0.1, 0.15) is 25.8 Å². The summed E-state index contributed by atoms with van der Waals surface area (Å²) in [5, 5.41) is 5.92. The van der Waals surface area contributed by atoms with Gasteiger partial charge in [0.15, 0.2) is 0 Å². The average Bonchev–Trinajstić information content (AvgIpc) is 2.70. The van der Waals surface area contributed by atoms with Crippen LogP contribution in [0.15, 0.2) is 23.0 Å². The van der Waals surface area contributed by atoms with E-state index in [-0.39, 0.29) is 5.91 Å². The van der Waals surface area contributed by atoms with Gasteiger partial charge in [0.05, 0.1) is 19.1 Å². The van der Waals surface area contributed by atoms with Crippen molar-refractivity contribution in [2.75, 3.05) is 13.1 Å². The lowest BCUT2D eigenvalue weighted by Crippen LogP contribution is -2.34. The van der Waals surface area contributed by atoms with E-state index in [2.05, 4.69) is 24.5 Å².